The Morgan fingerprint density at radius 3 is 2.92 bits per heavy atom. The summed E-state index contributed by atoms with van der Waals surface area (Å²) in [5.74, 6) is 0.161. The summed E-state index contributed by atoms with van der Waals surface area (Å²) in [5, 5.41) is 7.57. The van der Waals surface area contributed by atoms with Gasteiger partial charge in [0.25, 0.3) is 5.56 Å². The Kier molecular flexibility index (Phi) is 5.36. The summed E-state index contributed by atoms with van der Waals surface area (Å²) in [6.07, 6.45) is 6.04. The summed E-state index contributed by atoms with van der Waals surface area (Å²) in [7, 11) is 0. The fraction of sp³-hybridized carbons (Fsp3) is 0.737. The lowest BCUT2D eigenvalue weighted by Gasteiger charge is -2.28. The molecule has 26 heavy (non-hydrogen) atoms. The zero-order valence-electron chi connectivity index (χ0n) is 15.5. The van der Waals surface area contributed by atoms with Gasteiger partial charge in [-0.05, 0) is 44.2 Å². The minimum atomic E-state index is 0.0506. The largest absolute Gasteiger partial charge is 0.355 e. The van der Waals surface area contributed by atoms with Crippen LogP contribution in [0.4, 0.5) is 0 Å². The first kappa shape index (κ1) is 17.7. The highest BCUT2D eigenvalue weighted by Gasteiger charge is 2.26. The second-order valence-corrected chi connectivity index (χ2v) is 7.76. The first-order chi connectivity index (χ1) is 12.7. The number of amides is 1. The van der Waals surface area contributed by atoms with Crippen LogP contribution in [0, 0.1) is 0 Å². The summed E-state index contributed by atoms with van der Waals surface area (Å²) in [4.78, 5) is 28.7. The normalized spacial score (nSPS) is 24.5. The highest BCUT2D eigenvalue weighted by molar-refractivity contribution is 5.76. The molecule has 1 aromatic rings. The van der Waals surface area contributed by atoms with Crippen molar-refractivity contribution in [2.24, 2.45) is 0 Å². The number of nitrogens with zero attached hydrogens (tertiary/aromatic N) is 4. The maximum atomic E-state index is 12.4. The Balaban J connectivity index is 1.35. The molecule has 1 N–H and O–H groups in total. The number of likely N-dealkylation sites (tertiary alicyclic amines) is 1. The Bertz CT molecular complexity index is 716. The van der Waals surface area contributed by atoms with Gasteiger partial charge in [-0.1, -0.05) is 0 Å². The first-order valence-corrected chi connectivity index (χ1v) is 10.0. The van der Waals surface area contributed by atoms with Crippen LogP contribution >= 0.6 is 0 Å². The van der Waals surface area contributed by atoms with Gasteiger partial charge in [0.1, 0.15) is 0 Å². The zero-order chi connectivity index (χ0) is 17.9. The Hall–Kier alpha value is -1.73. The molecule has 4 rings (SSSR count). The van der Waals surface area contributed by atoms with Gasteiger partial charge in [0.2, 0.25) is 5.91 Å². The van der Waals surface area contributed by atoms with E-state index < -0.39 is 0 Å². The molecule has 1 aliphatic carbocycles. The van der Waals surface area contributed by atoms with Crippen LogP contribution < -0.4 is 10.9 Å². The summed E-state index contributed by atoms with van der Waals surface area (Å²) < 4.78 is 1.70. The molecule has 2 aliphatic heterocycles. The van der Waals surface area contributed by atoms with Crippen LogP contribution in [0.5, 0.6) is 0 Å². The molecule has 1 aromatic heterocycles. The second-order valence-electron chi connectivity index (χ2n) is 7.76. The highest BCUT2D eigenvalue weighted by atomic mass is 16.1. The van der Waals surface area contributed by atoms with Gasteiger partial charge in [0.05, 0.1) is 12.2 Å². The zero-order valence-corrected chi connectivity index (χ0v) is 15.5. The van der Waals surface area contributed by atoms with Gasteiger partial charge in [-0.25, -0.2) is 4.68 Å². The number of hydrogen-bond acceptors (Lipinski definition) is 5. The summed E-state index contributed by atoms with van der Waals surface area (Å²) in [6, 6.07) is 2.20. The van der Waals surface area contributed by atoms with E-state index in [4.69, 9.17) is 0 Å². The van der Waals surface area contributed by atoms with E-state index in [1.54, 1.807) is 10.7 Å². The molecule has 142 valence electrons. The quantitative estimate of drug-likeness (QED) is 0.803. The first-order valence-electron chi connectivity index (χ1n) is 10.0. The van der Waals surface area contributed by atoms with Gasteiger partial charge < -0.3 is 5.32 Å². The van der Waals surface area contributed by atoms with E-state index >= 15 is 0 Å². The molecule has 0 bridgehead atoms. The van der Waals surface area contributed by atoms with E-state index in [9.17, 15) is 9.59 Å². The smallest absolute Gasteiger partial charge is 0.267 e. The second kappa shape index (κ2) is 7.88. The van der Waals surface area contributed by atoms with Gasteiger partial charge in [-0.15, -0.1) is 0 Å². The average molecular weight is 359 g/mol. The number of aryl methyl sites for hydroxylation is 2. The fourth-order valence-corrected chi connectivity index (χ4v) is 4.47. The van der Waals surface area contributed by atoms with Crippen LogP contribution in [0.2, 0.25) is 0 Å². The van der Waals surface area contributed by atoms with E-state index in [2.05, 4.69) is 20.2 Å². The molecule has 2 fully saturated rings. The lowest BCUT2D eigenvalue weighted by molar-refractivity contribution is -0.120. The average Bonchev–Trinajstić information content (AvgIpc) is 3.20. The van der Waals surface area contributed by atoms with Crippen molar-refractivity contribution in [3.05, 3.63) is 27.7 Å². The van der Waals surface area contributed by atoms with E-state index in [0.717, 1.165) is 76.2 Å². The monoisotopic (exact) mass is 359 g/mol. The van der Waals surface area contributed by atoms with E-state index in [0.29, 0.717) is 19.0 Å². The summed E-state index contributed by atoms with van der Waals surface area (Å²) in [5.41, 5.74) is 2.32. The standard InChI is InChI=1S/C19H29N5O2/c25-18-6-9-22(10-7-20-18)11-12-23-8-2-4-16(23)14-24-19(26)13-15-3-1-5-17(15)21-24/h13,16H,1-12,14H2,(H,20,25). The molecule has 1 unspecified atom stereocenters. The molecular weight excluding hydrogens is 330 g/mol. The van der Waals surface area contributed by atoms with Gasteiger partial charge in [0, 0.05) is 51.3 Å². The van der Waals surface area contributed by atoms with E-state index in [1.165, 1.54) is 6.42 Å². The van der Waals surface area contributed by atoms with Crippen molar-refractivity contribution in [2.75, 3.05) is 39.3 Å². The van der Waals surface area contributed by atoms with Crippen molar-refractivity contribution in [3.63, 3.8) is 0 Å². The van der Waals surface area contributed by atoms with Gasteiger partial charge in [-0.3, -0.25) is 19.4 Å². The lowest BCUT2D eigenvalue weighted by atomic mass is 10.2. The molecule has 0 radical (unpaired) electrons. The van der Waals surface area contributed by atoms with Crippen LogP contribution in [0.1, 0.15) is 36.9 Å². The molecule has 3 aliphatic rings. The number of aromatic nitrogens is 2. The third kappa shape index (κ3) is 3.99. The van der Waals surface area contributed by atoms with Crippen molar-refractivity contribution in [1.29, 1.82) is 0 Å². The number of carbonyl (C=O) groups is 1. The summed E-state index contributed by atoms with van der Waals surface area (Å²) in [6.45, 7) is 6.29. The molecule has 0 aromatic carbocycles. The molecule has 1 atom stereocenters. The number of fused-ring (bicyclic) bond motifs is 1. The van der Waals surface area contributed by atoms with Crippen LogP contribution in [0.3, 0.4) is 0 Å². The molecule has 0 saturated carbocycles. The molecule has 7 nitrogen and oxygen atoms in total. The SMILES string of the molecule is O=C1CCN(CCN2CCCC2Cn2nc3c(cc2=O)CCC3)CCN1. The Labute approximate surface area is 154 Å². The third-order valence-electron chi connectivity index (χ3n) is 6.02. The van der Waals surface area contributed by atoms with Crippen LogP contribution in [0.15, 0.2) is 10.9 Å². The van der Waals surface area contributed by atoms with Crippen molar-refractivity contribution >= 4 is 5.91 Å². The Morgan fingerprint density at radius 2 is 2.00 bits per heavy atom. The number of hydrogen-bond donors (Lipinski definition) is 1. The van der Waals surface area contributed by atoms with Gasteiger partial charge in [0.15, 0.2) is 0 Å². The molecule has 7 heteroatoms. The van der Waals surface area contributed by atoms with E-state index in [1.807, 2.05) is 0 Å². The highest BCUT2D eigenvalue weighted by Crippen LogP contribution is 2.20. The van der Waals surface area contributed by atoms with Crippen molar-refractivity contribution < 1.29 is 4.79 Å². The molecule has 0 spiro atoms. The molecule has 1 amide bonds. The maximum Gasteiger partial charge on any atom is 0.267 e. The molecule has 2 saturated heterocycles. The predicted molar refractivity (Wildman–Crippen MR) is 99.2 cm³/mol. The fourth-order valence-electron chi connectivity index (χ4n) is 4.47. The van der Waals surface area contributed by atoms with Crippen LogP contribution in [0.25, 0.3) is 0 Å². The van der Waals surface area contributed by atoms with Crippen molar-refractivity contribution in [3.8, 4) is 0 Å². The minimum Gasteiger partial charge on any atom is -0.355 e. The molecule has 3 heterocycles. The predicted octanol–water partition coefficient (Wildman–Crippen LogP) is 0.0183. The number of carbonyl (C=O) groups excluding carboxylic acids is 1. The van der Waals surface area contributed by atoms with Crippen LogP contribution in [-0.2, 0) is 24.2 Å². The topological polar surface area (TPSA) is 70.5 Å². The summed E-state index contributed by atoms with van der Waals surface area (Å²) >= 11 is 0. The number of rotatable bonds is 5. The van der Waals surface area contributed by atoms with Crippen LogP contribution in [-0.4, -0.2) is 70.8 Å². The van der Waals surface area contributed by atoms with Crippen molar-refractivity contribution in [1.82, 2.24) is 24.9 Å². The Morgan fingerprint density at radius 1 is 1.08 bits per heavy atom. The molecular formula is C19H29N5O2. The van der Waals surface area contributed by atoms with Gasteiger partial charge >= 0.3 is 0 Å². The van der Waals surface area contributed by atoms with E-state index in [-0.39, 0.29) is 11.5 Å². The number of nitrogens with one attached hydrogen (secondary N) is 1. The lowest BCUT2D eigenvalue weighted by Crippen LogP contribution is -2.42. The minimum absolute atomic E-state index is 0.0506. The third-order valence-corrected chi connectivity index (χ3v) is 6.02. The van der Waals surface area contributed by atoms with Crippen molar-refractivity contribution in [2.45, 2.75) is 51.1 Å². The maximum absolute atomic E-state index is 12.4. The van der Waals surface area contributed by atoms with Gasteiger partial charge in [-0.2, -0.15) is 5.10 Å².